The van der Waals surface area contributed by atoms with Crippen LogP contribution in [0.5, 0.6) is 0 Å². The maximum Gasteiger partial charge on any atom is 0.158 e. The molecule has 1 aliphatic rings. The van der Waals surface area contributed by atoms with Gasteiger partial charge in [-0.2, -0.15) is 5.10 Å². The minimum atomic E-state index is 0.248. The van der Waals surface area contributed by atoms with Gasteiger partial charge in [-0.25, -0.2) is 14.6 Å². The summed E-state index contributed by atoms with van der Waals surface area (Å²) in [5.41, 5.74) is 5.89. The van der Waals surface area contributed by atoms with E-state index < -0.39 is 0 Å². The van der Waals surface area contributed by atoms with Gasteiger partial charge in [0.1, 0.15) is 12.1 Å². The first-order valence-electron chi connectivity index (χ1n) is 5.65. The van der Waals surface area contributed by atoms with E-state index in [1.807, 2.05) is 18.3 Å². The van der Waals surface area contributed by atoms with Gasteiger partial charge in [-0.3, -0.25) is 0 Å². The highest BCUT2D eigenvalue weighted by atomic mass is 15.3. The molecule has 0 aromatic carbocycles. The van der Waals surface area contributed by atoms with Crippen LogP contribution in [0.4, 0.5) is 5.82 Å². The monoisotopic (exact) mass is 230 g/mol. The Labute approximate surface area is 99.1 Å². The van der Waals surface area contributed by atoms with Crippen LogP contribution in [0.2, 0.25) is 0 Å². The van der Waals surface area contributed by atoms with Crippen molar-refractivity contribution in [3.63, 3.8) is 0 Å². The van der Waals surface area contributed by atoms with Gasteiger partial charge < -0.3 is 10.6 Å². The molecule has 1 aliphatic heterocycles. The molecule has 0 unspecified atom stereocenters. The van der Waals surface area contributed by atoms with Crippen LogP contribution < -0.4 is 10.6 Å². The maximum atomic E-state index is 5.89. The Morgan fingerprint density at radius 3 is 2.88 bits per heavy atom. The van der Waals surface area contributed by atoms with Crippen molar-refractivity contribution >= 4 is 5.82 Å². The highest BCUT2D eigenvalue weighted by Crippen LogP contribution is 2.18. The molecule has 3 heterocycles. The lowest BCUT2D eigenvalue weighted by Crippen LogP contribution is -2.27. The van der Waals surface area contributed by atoms with Gasteiger partial charge in [0.15, 0.2) is 5.82 Å². The SMILES string of the molecule is N[C@H]1CCN(c2cc(-n3cccn3)ncn2)C1. The molecule has 2 aromatic heterocycles. The summed E-state index contributed by atoms with van der Waals surface area (Å²) < 4.78 is 1.72. The summed E-state index contributed by atoms with van der Waals surface area (Å²) in [6.07, 6.45) is 6.17. The number of hydrogen-bond acceptors (Lipinski definition) is 5. The number of rotatable bonds is 2. The minimum Gasteiger partial charge on any atom is -0.355 e. The highest BCUT2D eigenvalue weighted by Gasteiger charge is 2.20. The first kappa shape index (κ1) is 10.2. The fraction of sp³-hybridized carbons (Fsp3) is 0.364. The molecular weight excluding hydrogens is 216 g/mol. The van der Waals surface area contributed by atoms with Crippen molar-refractivity contribution in [2.75, 3.05) is 18.0 Å². The number of anilines is 1. The van der Waals surface area contributed by atoms with E-state index in [-0.39, 0.29) is 6.04 Å². The lowest BCUT2D eigenvalue weighted by atomic mass is 10.3. The average Bonchev–Trinajstić information content (AvgIpc) is 3.00. The van der Waals surface area contributed by atoms with E-state index in [2.05, 4.69) is 20.0 Å². The minimum absolute atomic E-state index is 0.248. The number of nitrogens with two attached hydrogens (primary N) is 1. The predicted octanol–water partition coefficient (Wildman–Crippen LogP) is 0.200. The summed E-state index contributed by atoms with van der Waals surface area (Å²) in [6.45, 7) is 1.81. The fourth-order valence-corrected chi connectivity index (χ4v) is 2.04. The zero-order valence-corrected chi connectivity index (χ0v) is 9.40. The molecule has 0 spiro atoms. The van der Waals surface area contributed by atoms with Crippen molar-refractivity contribution in [1.82, 2.24) is 19.7 Å². The average molecular weight is 230 g/mol. The lowest BCUT2D eigenvalue weighted by molar-refractivity contribution is 0.751. The maximum absolute atomic E-state index is 5.89. The molecule has 1 fully saturated rings. The van der Waals surface area contributed by atoms with Crippen LogP contribution in [-0.4, -0.2) is 38.9 Å². The van der Waals surface area contributed by atoms with E-state index in [0.29, 0.717) is 0 Å². The quantitative estimate of drug-likeness (QED) is 0.797. The third-order valence-corrected chi connectivity index (χ3v) is 2.93. The molecule has 2 N–H and O–H groups in total. The molecule has 2 aromatic rings. The predicted molar refractivity (Wildman–Crippen MR) is 64.0 cm³/mol. The number of hydrogen-bond donors (Lipinski definition) is 1. The van der Waals surface area contributed by atoms with Crippen LogP contribution in [-0.2, 0) is 0 Å². The number of nitrogens with zero attached hydrogens (tertiary/aromatic N) is 5. The zero-order valence-electron chi connectivity index (χ0n) is 9.40. The van der Waals surface area contributed by atoms with Gasteiger partial charge in [0, 0.05) is 37.6 Å². The van der Waals surface area contributed by atoms with Gasteiger partial charge in [0.2, 0.25) is 0 Å². The van der Waals surface area contributed by atoms with Gasteiger partial charge >= 0.3 is 0 Å². The lowest BCUT2D eigenvalue weighted by Gasteiger charge is -2.16. The highest BCUT2D eigenvalue weighted by molar-refractivity contribution is 5.44. The second-order valence-electron chi connectivity index (χ2n) is 4.18. The molecule has 0 bridgehead atoms. The molecular formula is C11H14N6. The van der Waals surface area contributed by atoms with Crippen LogP contribution in [0.25, 0.3) is 5.82 Å². The van der Waals surface area contributed by atoms with Crippen molar-refractivity contribution in [3.05, 3.63) is 30.9 Å². The molecule has 1 atom stereocenters. The smallest absolute Gasteiger partial charge is 0.158 e. The standard InChI is InChI=1S/C11H14N6/c12-9-2-5-16(7-9)10-6-11(14-8-13-10)17-4-1-3-15-17/h1,3-4,6,8-9H,2,5,7,12H2/t9-/m0/s1. The van der Waals surface area contributed by atoms with Gasteiger partial charge in [0.25, 0.3) is 0 Å². The second kappa shape index (κ2) is 4.14. The van der Waals surface area contributed by atoms with E-state index >= 15 is 0 Å². The van der Waals surface area contributed by atoms with Crippen LogP contribution >= 0.6 is 0 Å². The van der Waals surface area contributed by atoms with Crippen LogP contribution in [0, 0.1) is 0 Å². The largest absolute Gasteiger partial charge is 0.355 e. The third-order valence-electron chi connectivity index (χ3n) is 2.93. The Balaban J connectivity index is 1.89. The summed E-state index contributed by atoms with van der Waals surface area (Å²) >= 11 is 0. The van der Waals surface area contributed by atoms with Crippen molar-refractivity contribution in [3.8, 4) is 5.82 Å². The van der Waals surface area contributed by atoms with Gasteiger partial charge in [-0.1, -0.05) is 0 Å². The first-order valence-corrected chi connectivity index (χ1v) is 5.65. The third kappa shape index (κ3) is 1.99. The van der Waals surface area contributed by atoms with Gasteiger partial charge in [-0.15, -0.1) is 0 Å². The summed E-state index contributed by atoms with van der Waals surface area (Å²) in [7, 11) is 0. The summed E-state index contributed by atoms with van der Waals surface area (Å²) in [5.74, 6) is 1.69. The van der Waals surface area contributed by atoms with Crippen molar-refractivity contribution < 1.29 is 0 Å². The number of aromatic nitrogens is 4. The Kier molecular flexibility index (Phi) is 2.49. The topological polar surface area (TPSA) is 72.9 Å². The van der Waals surface area contributed by atoms with Crippen molar-refractivity contribution in [1.29, 1.82) is 0 Å². The second-order valence-corrected chi connectivity index (χ2v) is 4.18. The molecule has 0 amide bonds. The molecule has 3 rings (SSSR count). The summed E-state index contributed by atoms with van der Waals surface area (Å²) in [4.78, 5) is 10.7. The molecule has 0 saturated carbocycles. The van der Waals surface area contributed by atoms with E-state index in [1.54, 1.807) is 17.2 Å². The van der Waals surface area contributed by atoms with Gasteiger partial charge in [0.05, 0.1) is 0 Å². The molecule has 0 radical (unpaired) electrons. The molecule has 6 heteroatoms. The van der Waals surface area contributed by atoms with E-state index in [4.69, 9.17) is 5.73 Å². The van der Waals surface area contributed by atoms with E-state index in [0.717, 1.165) is 31.1 Å². The van der Waals surface area contributed by atoms with Crippen LogP contribution in [0.1, 0.15) is 6.42 Å². The van der Waals surface area contributed by atoms with Gasteiger partial charge in [-0.05, 0) is 12.5 Å². The molecule has 0 aliphatic carbocycles. The molecule has 1 saturated heterocycles. The first-order chi connectivity index (χ1) is 8.33. The Bertz CT molecular complexity index is 494. The van der Waals surface area contributed by atoms with E-state index in [9.17, 15) is 0 Å². The molecule has 6 nitrogen and oxygen atoms in total. The molecule has 88 valence electrons. The van der Waals surface area contributed by atoms with Crippen LogP contribution in [0.15, 0.2) is 30.9 Å². The summed E-state index contributed by atoms with van der Waals surface area (Å²) in [6, 6.07) is 4.05. The fourth-order valence-electron chi connectivity index (χ4n) is 2.04. The summed E-state index contributed by atoms with van der Waals surface area (Å²) in [5, 5.41) is 4.15. The van der Waals surface area contributed by atoms with Crippen molar-refractivity contribution in [2.24, 2.45) is 5.73 Å². The Morgan fingerprint density at radius 2 is 2.18 bits per heavy atom. The van der Waals surface area contributed by atoms with Crippen LogP contribution in [0.3, 0.4) is 0 Å². The van der Waals surface area contributed by atoms with E-state index in [1.165, 1.54) is 0 Å². The zero-order chi connectivity index (χ0) is 11.7. The molecule has 17 heavy (non-hydrogen) atoms. The normalized spacial score (nSPS) is 19.8. The van der Waals surface area contributed by atoms with Crippen molar-refractivity contribution in [2.45, 2.75) is 12.5 Å². The Hall–Kier alpha value is -1.95. The Morgan fingerprint density at radius 1 is 1.29 bits per heavy atom.